The smallest absolute Gasteiger partial charge is 0.224 e. The van der Waals surface area contributed by atoms with Gasteiger partial charge in [0.2, 0.25) is 5.28 Å². The zero-order valence-corrected chi connectivity index (χ0v) is 9.29. The van der Waals surface area contributed by atoms with E-state index in [1.54, 1.807) is 13.1 Å². The number of aryl methyl sites for hydroxylation is 1. The molecule has 7 heteroatoms. The number of halogens is 2. The van der Waals surface area contributed by atoms with Crippen LogP contribution in [0.2, 0.25) is 10.3 Å². The molecular formula is C8H7Cl2N5. The molecule has 0 amide bonds. The van der Waals surface area contributed by atoms with Crippen LogP contribution >= 0.6 is 23.2 Å². The van der Waals surface area contributed by atoms with Gasteiger partial charge in [0.1, 0.15) is 0 Å². The summed E-state index contributed by atoms with van der Waals surface area (Å²) >= 11 is 11.5. The fourth-order valence-corrected chi connectivity index (χ4v) is 1.35. The highest BCUT2D eigenvalue weighted by molar-refractivity contribution is 6.31. The number of aromatic nitrogens is 4. The van der Waals surface area contributed by atoms with Crippen molar-refractivity contribution in [2.75, 3.05) is 5.73 Å². The van der Waals surface area contributed by atoms with E-state index in [4.69, 9.17) is 28.9 Å². The van der Waals surface area contributed by atoms with Crippen molar-refractivity contribution in [1.82, 2.24) is 19.7 Å². The van der Waals surface area contributed by atoms with E-state index in [-0.39, 0.29) is 5.28 Å². The summed E-state index contributed by atoms with van der Waals surface area (Å²) in [6, 6.07) is 0. The number of anilines is 1. The third-order valence-electron chi connectivity index (χ3n) is 1.82. The summed E-state index contributed by atoms with van der Waals surface area (Å²) in [4.78, 5) is 7.72. The maximum atomic E-state index is 5.87. The molecule has 2 rings (SSSR count). The summed E-state index contributed by atoms with van der Waals surface area (Å²) in [6.07, 6.45) is 3.04. The molecule has 5 nitrogen and oxygen atoms in total. The maximum Gasteiger partial charge on any atom is 0.224 e. The van der Waals surface area contributed by atoms with Crippen molar-refractivity contribution in [3.05, 3.63) is 28.4 Å². The normalized spacial score (nSPS) is 10.6. The lowest BCUT2D eigenvalue weighted by Gasteiger charge is -2.03. The van der Waals surface area contributed by atoms with Crippen molar-refractivity contribution in [3.8, 4) is 5.82 Å². The standard InChI is InChI=1S/C8H7Cl2N5/c1-4-5(9)3-15(14-4)7-6(11)2-12-8(10)13-7/h2-3H,11H2,1H3. The van der Waals surface area contributed by atoms with Gasteiger partial charge in [0.15, 0.2) is 5.82 Å². The lowest BCUT2D eigenvalue weighted by molar-refractivity contribution is 0.829. The minimum absolute atomic E-state index is 0.114. The van der Waals surface area contributed by atoms with Crippen LogP contribution in [-0.2, 0) is 0 Å². The molecule has 0 unspecified atom stereocenters. The Morgan fingerprint density at radius 2 is 2.13 bits per heavy atom. The molecule has 0 saturated carbocycles. The number of nitrogen functional groups attached to an aromatic ring is 1. The lowest BCUT2D eigenvalue weighted by Crippen LogP contribution is -2.04. The number of nitrogens with two attached hydrogens (primary N) is 1. The highest BCUT2D eigenvalue weighted by atomic mass is 35.5. The molecule has 0 aliphatic heterocycles. The largest absolute Gasteiger partial charge is 0.394 e. The van der Waals surface area contributed by atoms with Crippen LogP contribution in [0.4, 0.5) is 5.69 Å². The predicted molar refractivity (Wildman–Crippen MR) is 58.3 cm³/mol. The van der Waals surface area contributed by atoms with E-state index < -0.39 is 0 Å². The molecule has 0 aliphatic rings. The van der Waals surface area contributed by atoms with E-state index >= 15 is 0 Å². The zero-order valence-electron chi connectivity index (χ0n) is 7.78. The molecule has 2 aromatic heterocycles. The van der Waals surface area contributed by atoms with E-state index in [0.29, 0.717) is 22.2 Å². The second kappa shape index (κ2) is 3.67. The van der Waals surface area contributed by atoms with Crippen LogP contribution in [-0.4, -0.2) is 19.7 Å². The van der Waals surface area contributed by atoms with Gasteiger partial charge >= 0.3 is 0 Å². The van der Waals surface area contributed by atoms with Gasteiger partial charge in [-0.3, -0.25) is 0 Å². The fourth-order valence-electron chi connectivity index (χ4n) is 1.09. The van der Waals surface area contributed by atoms with Crippen LogP contribution < -0.4 is 5.73 Å². The van der Waals surface area contributed by atoms with Gasteiger partial charge in [0.05, 0.1) is 28.8 Å². The molecule has 15 heavy (non-hydrogen) atoms. The van der Waals surface area contributed by atoms with Gasteiger partial charge < -0.3 is 5.73 Å². The molecule has 0 atom stereocenters. The second-order valence-electron chi connectivity index (χ2n) is 2.92. The molecule has 0 fully saturated rings. The summed E-state index contributed by atoms with van der Waals surface area (Å²) in [5, 5.41) is 4.80. The van der Waals surface area contributed by atoms with Gasteiger partial charge in [-0.05, 0) is 18.5 Å². The number of hydrogen-bond acceptors (Lipinski definition) is 4. The SMILES string of the molecule is Cc1nn(-c2nc(Cl)ncc2N)cc1Cl. The molecule has 0 radical (unpaired) electrons. The summed E-state index contributed by atoms with van der Waals surface area (Å²) in [5.74, 6) is 0.421. The Morgan fingerprint density at radius 1 is 1.40 bits per heavy atom. The lowest BCUT2D eigenvalue weighted by atomic mass is 10.5. The summed E-state index contributed by atoms with van der Waals surface area (Å²) in [6.45, 7) is 1.79. The molecule has 78 valence electrons. The van der Waals surface area contributed by atoms with Crippen molar-refractivity contribution < 1.29 is 0 Å². The molecule has 0 bridgehead atoms. The van der Waals surface area contributed by atoms with E-state index in [0.717, 1.165) is 0 Å². The first-order valence-corrected chi connectivity index (χ1v) is 4.83. The Hall–Kier alpha value is -1.33. The fraction of sp³-hybridized carbons (Fsp3) is 0.125. The topological polar surface area (TPSA) is 69.6 Å². The van der Waals surface area contributed by atoms with E-state index in [1.807, 2.05) is 0 Å². The molecule has 2 aromatic rings. The molecule has 0 aromatic carbocycles. The van der Waals surface area contributed by atoms with Crippen LogP contribution in [0.1, 0.15) is 5.69 Å². The highest BCUT2D eigenvalue weighted by Gasteiger charge is 2.09. The number of rotatable bonds is 1. The minimum atomic E-state index is 0.114. The Bertz CT molecular complexity index is 488. The van der Waals surface area contributed by atoms with Gasteiger partial charge in [-0.15, -0.1) is 0 Å². The Labute approximate surface area is 95.8 Å². The van der Waals surface area contributed by atoms with Crippen molar-refractivity contribution in [2.45, 2.75) is 6.92 Å². The first-order valence-electron chi connectivity index (χ1n) is 4.08. The van der Waals surface area contributed by atoms with Crippen molar-refractivity contribution in [3.63, 3.8) is 0 Å². The van der Waals surface area contributed by atoms with E-state index in [2.05, 4.69) is 15.1 Å². The minimum Gasteiger partial charge on any atom is -0.394 e. The molecule has 2 N–H and O–H groups in total. The van der Waals surface area contributed by atoms with Crippen LogP contribution in [0.5, 0.6) is 0 Å². The van der Waals surface area contributed by atoms with Gasteiger partial charge in [0, 0.05) is 0 Å². The first kappa shape index (κ1) is 10.2. The van der Waals surface area contributed by atoms with Crippen LogP contribution in [0.3, 0.4) is 0 Å². The monoisotopic (exact) mass is 243 g/mol. The second-order valence-corrected chi connectivity index (χ2v) is 3.67. The maximum absolute atomic E-state index is 5.87. The molecule has 0 saturated heterocycles. The Kier molecular flexibility index (Phi) is 2.50. The molecule has 2 heterocycles. The number of nitrogens with zero attached hydrogens (tertiary/aromatic N) is 4. The summed E-state index contributed by atoms with van der Waals surface area (Å²) in [7, 11) is 0. The summed E-state index contributed by atoms with van der Waals surface area (Å²) in [5.41, 5.74) is 6.78. The van der Waals surface area contributed by atoms with E-state index in [1.165, 1.54) is 10.9 Å². The van der Waals surface area contributed by atoms with Crippen LogP contribution in [0.25, 0.3) is 5.82 Å². The van der Waals surface area contributed by atoms with Gasteiger partial charge in [-0.25, -0.2) is 9.67 Å². The highest BCUT2D eigenvalue weighted by Crippen LogP contribution is 2.19. The van der Waals surface area contributed by atoms with Crippen LogP contribution in [0, 0.1) is 6.92 Å². The average Bonchev–Trinajstić information content (AvgIpc) is 2.51. The summed E-state index contributed by atoms with van der Waals surface area (Å²) < 4.78 is 1.47. The first-order chi connectivity index (χ1) is 7.08. The van der Waals surface area contributed by atoms with Gasteiger partial charge in [-0.2, -0.15) is 10.1 Å². The Balaban J connectivity index is 2.58. The third-order valence-corrected chi connectivity index (χ3v) is 2.38. The van der Waals surface area contributed by atoms with Crippen molar-refractivity contribution in [1.29, 1.82) is 0 Å². The Morgan fingerprint density at radius 3 is 2.73 bits per heavy atom. The van der Waals surface area contributed by atoms with Crippen molar-refractivity contribution in [2.24, 2.45) is 0 Å². The molecular weight excluding hydrogens is 237 g/mol. The van der Waals surface area contributed by atoms with Crippen molar-refractivity contribution >= 4 is 28.9 Å². The predicted octanol–water partition coefficient (Wildman–Crippen LogP) is 1.86. The number of hydrogen-bond donors (Lipinski definition) is 1. The van der Waals surface area contributed by atoms with Gasteiger partial charge in [-0.1, -0.05) is 11.6 Å². The van der Waals surface area contributed by atoms with Gasteiger partial charge in [0.25, 0.3) is 0 Å². The quantitative estimate of drug-likeness (QED) is 0.777. The zero-order chi connectivity index (χ0) is 11.0. The third kappa shape index (κ3) is 1.88. The molecule has 0 spiro atoms. The average molecular weight is 244 g/mol. The van der Waals surface area contributed by atoms with Crippen LogP contribution in [0.15, 0.2) is 12.4 Å². The molecule has 0 aliphatic carbocycles. The van der Waals surface area contributed by atoms with E-state index in [9.17, 15) is 0 Å².